The van der Waals surface area contributed by atoms with Crippen molar-refractivity contribution in [3.05, 3.63) is 41.0 Å². The summed E-state index contributed by atoms with van der Waals surface area (Å²) in [7, 11) is 0. The van der Waals surface area contributed by atoms with Crippen molar-refractivity contribution in [2.24, 2.45) is 5.73 Å². The Morgan fingerprint density at radius 2 is 2.16 bits per heavy atom. The van der Waals surface area contributed by atoms with Crippen molar-refractivity contribution >= 4 is 11.0 Å². The highest BCUT2D eigenvalue weighted by Gasteiger charge is 2.07. The number of aromatic nitrogens is 5. The van der Waals surface area contributed by atoms with Crippen LogP contribution in [0, 0.1) is 13.8 Å². The van der Waals surface area contributed by atoms with E-state index in [1.807, 2.05) is 6.20 Å². The molecule has 3 aromatic rings. The molecule has 3 rings (SSSR count). The summed E-state index contributed by atoms with van der Waals surface area (Å²) in [5.74, 6) is 0.872. The third-order valence-electron chi connectivity index (χ3n) is 3.08. The van der Waals surface area contributed by atoms with Gasteiger partial charge < -0.3 is 10.7 Å². The number of benzene rings is 1. The fourth-order valence-electron chi connectivity index (χ4n) is 2.26. The molecule has 0 radical (unpaired) electrons. The summed E-state index contributed by atoms with van der Waals surface area (Å²) in [5, 5.41) is 7.98. The molecule has 0 aliphatic heterocycles. The molecule has 0 saturated carbocycles. The average molecular weight is 256 g/mol. The summed E-state index contributed by atoms with van der Waals surface area (Å²) < 4.78 is 1.74. The van der Waals surface area contributed by atoms with Gasteiger partial charge in [0.1, 0.15) is 12.4 Å². The normalized spacial score (nSPS) is 11.3. The van der Waals surface area contributed by atoms with Crippen molar-refractivity contribution < 1.29 is 0 Å². The van der Waals surface area contributed by atoms with E-state index < -0.39 is 0 Å². The van der Waals surface area contributed by atoms with E-state index in [4.69, 9.17) is 5.73 Å². The lowest BCUT2D eigenvalue weighted by Crippen LogP contribution is -2.02. The molecule has 3 N–H and O–H groups in total. The minimum Gasteiger partial charge on any atom is -0.340 e. The molecule has 2 heterocycles. The fourth-order valence-corrected chi connectivity index (χ4v) is 2.26. The van der Waals surface area contributed by atoms with Gasteiger partial charge in [-0.2, -0.15) is 0 Å². The summed E-state index contributed by atoms with van der Waals surface area (Å²) in [6.07, 6.45) is 1.84. The zero-order chi connectivity index (χ0) is 13.4. The number of nitrogens with zero attached hydrogens (tertiary/aromatic N) is 4. The highest BCUT2D eigenvalue weighted by Crippen LogP contribution is 2.18. The summed E-state index contributed by atoms with van der Waals surface area (Å²) in [6, 6.07) is 4.24. The Morgan fingerprint density at radius 3 is 2.89 bits per heavy atom. The van der Waals surface area contributed by atoms with Crippen molar-refractivity contribution in [2.75, 3.05) is 0 Å². The number of imidazole rings is 1. The van der Waals surface area contributed by atoms with Crippen LogP contribution in [0.4, 0.5) is 0 Å². The van der Waals surface area contributed by atoms with Gasteiger partial charge in [-0.25, -0.2) is 9.67 Å². The molecular weight excluding hydrogens is 240 g/mol. The highest BCUT2D eigenvalue weighted by atomic mass is 15.4. The van der Waals surface area contributed by atoms with Gasteiger partial charge in [-0.3, -0.25) is 0 Å². The number of rotatable bonds is 3. The van der Waals surface area contributed by atoms with Gasteiger partial charge in [0.05, 0.1) is 22.9 Å². The van der Waals surface area contributed by atoms with Crippen molar-refractivity contribution in [2.45, 2.75) is 26.9 Å². The first-order valence-electron chi connectivity index (χ1n) is 6.20. The molecule has 6 heteroatoms. The van der Waals surface area contributed by atoms with Crippen molar-refractivity contribution in [1.82, 2.24) is 25.0 Å². The lowest BCUT2D eigenvalue weighted by atomic mass is 10.1. The van der Waals surface area contributed by atoms with Gasteiger partial charge >= 0.3 is 0 Å². The Labute approximate surface area is 110 Å². The molecule has 0 atom stereocenters. The SMILES string of the molecule is Cc1cc(C)c2nc(Cn3cc(CN)nn3)[nH]c2c1. The summed E-state index contributed by atoms with van der Waals surface area (Å²) >= 11 is 0. The molecule has 6 nitrogen and oxygen atoms in total. The third-order valence-corrected chi connectivity index (χ3v) is 3.08. The third kappa shape index (κ3) is 2.22. The summed E-state index contributed by atoms with van der Waals surface area (Å²) in [4.78, 5) is 7.93. The van der Waals surface area contributed by atoms with Crippen molar-refractivity contribution in [1.29, 1.82) is 0 Å². The van der Waals surface area contributed by atoms with Crippen LogP contribution in [0.2, 0.25) is 0 Å². The molecule has 0 fully saturated rings. The van der Waals surface area contributed by atoms with Crippen LogP contribution in [-0.4, -0.2) is 25.0 Å². The minimum absolute atomic E-state index is 0.401. The predicted octanol–water partition coefficient (Wildman–Crippen LogP) is 1.28. The van der Waals surface area contributed by atoms with Gasteiger partial charge in [0.2, 0.25) is 0 Å². The zero-order valence-corrected chi connectivity index (χ0v) is 11.0. The number of hydrogen-bond donors (Lipinski definition) is 2. The van der Waals surface area contributed by atoms with Gasteiger partial charge in [0.25, 0.3) is 0 Å². The summed E-state index contributed by atoms with van der Waals surface area (Å²) in [5.41, 5.74) is 10.8. The fraction of sp³-hybridized carbons (Fsp3) is 0.308. The van der Waals surface area contributed by atoms with Crippen LogP contribution in [0.3, 0.4) is 0 Å². The number of aromatic amines is 1. The number of aryl methyl sites for hydroxylation is 2. The van der Waals surface area contributed by atoms with Crippen LogP contribution in [-0.2, 0) is 13.1 Å². The maximum absolute atomic E-state index is 5.52. The quantitative estimate of drug-likeness (QED) is 0.739. The Morgan fingerprint density at radius 1 is 1.32 bits per heavy atom. The molecule has 0 spiro atoms. The van der Waals surface area contributed by atoms with Crippen molar-refractivity contribution in [3.8, 4) is 0 Å². The van der Waals surface area contributed by atoms with Gasteiger partial charge in [0, 0.05) is 6.54 Å². The average Bonchev–Trinajstić information content (AvgIpc) is 2.96. The van der Waals surface area contributed by atoms with Gasteiger partial charge in [0.15, 0.2) is 0 Å². The van der Waals surface area contributed by atoms with E-state index in [1.165, 1.54) is 11.1 Å². The van der Waals surface area contributed by atoms with E-state index in [-0.39, 0.29) is 0 Å². The van der Waals surface area contributed by atoms with Crippen molar-refractivity contribution in [3.63, 3.8) is 0 Å². The van der Waals surface area contributed by atoms with Crippen LogP contribution in [0.15, 0.2) is 18.3 Å². The molecule has 0 bridgehead atoms. The topological polar surface area (TPSA) is 85.4 Å². The maximum Gasteiger partial charge on any atom is 0.129 e. The lowest BCUT2D eigenvalue weighted by molar-refractivity contribution is 0.630. The number of nitrogens with two attached hydrogens (primary N) is 1. The monoisotopic (exact) mass is 256 g/mol. The second-order valence-electron chi connectivity index (χ2n) is 4.77. The van der Waals surface area contributed by atoms with E-state index in [2.05, 4.69) is 46.3 Å². The number of hydrogen-bond acceptors (Lipinski definition) is 4. The van der Waals surface area contributed by atoms with Crippen LogP contribution in [0.1, 0.15) is 22.6 Å². The van der Waals surface area contributed by atoms with E-state index >= 15 is 0 Å². The first-order chi connectivity index (χ1) is 9.15. The van der Waals surface area contributed by atoms with Gasteiger partial charge in [-0.05, 0) is 31.0 Å². The predicted molar refractivity (Wildman–Crippen MR) is 72.6 cm³/mol. The number of H-pyrrole nitrogens is 1. The van der Waals surface area contributed by atoms with Gasteiger partial charge in [-0.15, -0.1) is 5.10 Å². The molecule has 0 saturated heterocycles. The van der Waals surface area contributed by atoms with Crippen LogP contribution in [0.25, 0.3) is 11.0 Å². The Balaban J connectivity index is 1.95. The molecule has 0 aliphatic carbocycles. The molecule has 19 heavy (non-hydrogen) atoms. The second-order valence-corrected chi connectivity index (χ2v) is 4.77. The first-order valence-corrected chi connectivity index (χ1v) is 6.20. The highest BCUT2D eigenvalue weighted by molar-refractivity contribution is 5.79. The van der Waals surface area contributed by atoms with E-state index in [0.717, 1.165) is 22.6 Å². The van der Waals surface area contributed by atoms with E-state index in [0.29, 0.717) is 13.1 Å². The van der Waals surface area contributed by atoms with Crippen LogP contribution < -0.4 is 5.73 Å². The van der Waals surface area contributed by atoms with Crippen LogP contribution >= 0.6 is 0 Å². The zero-order valence-electron chi connectivity index (χ0n) is 11.0. The molecule has 0 unspecified atom stereocenters. The molecule has 98 valence electrons. The van der Waals surface area contributed by atoms with E-state index in [9.17, 15) is 0 Å². The molecular formula is C13H16N6. The Hall–Kier alpha value is -2.21. The number of fused-ring (bicyclic) bond motifs is 1. The largest absolute Gasteiger partial charge is 0.340 e. The molecule has 1 aromatic carbocycles. The summed E-state index contributed by atoms with van der Waals surface area (Å²) in [6.45, 7) is 5.12. The minimum atomic E-state index is 0.401. The molecule has 0 amide bonds. The standard InChI is InChI=1S/C13H16N6/c1-8-3-9(2)13-11(4-8)15-12(16-13)7-19-6-10(5-14)17-18-19/h3-4,6H,5,7,14H2,1-2H3,(H,15,16). The maximum atomic E-state index is 5.52. The van der Waals surface area contributed by atoms with Crippen LogP contribution in [0.5, 0.6) is 0 Å². The molecule has 0 aliphatic rings. The lowest BCUT2D eigenvalue weighted by Gasteiger charge is -1.96. The smallest absolute Gasteiger partial charge is 0.129 e. The number of nitrogens with one attached hydrogen (secondary N) is 1. The second kappa shape index (κ2) is 4.47. The van der Waals surface area contributed by atoms with Gasteiger partial charge in [-0.1, -0.05) is 11.3 Å². The first kappa shape index (κ1) is 11.9. The Kier molecular flexibility index (Phi) is 2.79. The van der Waals surface area contributed by atoms with E-state index in [1.54, 1.807) is 4.68 Å². The molecule has 2 aromatic heterocycles. The Bertz CT molecular complexity index is 724.